The summed E-state index contributed by atoms with van der Waals surface area (Å²) in [6.45, 7) is 11.3. The van der Waals surface area contributed by atoms with Gasteiger partial charge in [-0.05, 0) is 55.2 Å². The summed E-state index contributed by atoms with van der Waals surface area (Å²) in [5.74, 6) is 2.72. The quantitative estimate of drug-likeness (QED) is 0.579. The first-order chi connectivity index (χ1) is 12.8. The van der Waals surface area contributed by atoms with Crippen LogP contribution in [0.2, 0.25) is 0 Å². The lowest BCUT2D eigenvalue weighted by molar-refractivity contribution is -0.668. The van der Waals surface area contributed by atoms with E-state index in [2.05, 4.69) is 69.0 Å². The Morgan fingerprint density at radius 1 is 1.33 bits per heavy atom. The molecule has 0 bridgehead atoms. The minimum Gasteiger partial charge on any atom is -0.459 e. The molecule has 1 heterocycles. The highest BCUT2D eigenvalue weighted by molar-refractivity contribution is 5.74. The molecule has 0 unspecified atom stereocenters. The summed E-state index contributed by atoms with van der Waals surface area (Å²) < 4.78 is 10.4. The second-order valence-corrected chi connectivity index (χ2v) is 8.76. The van der Waals surface area contributed by atoms with Gasteiger partial charge in [0.2, 0.25) is 0 Å². The maximum Gasteiger partial charge on any atom is 0.348 e. The minimum absolute atomic E-state index is 0.0594. The number of aromatic nitrogens is 2. The van der Waals surface area contributed by atoms with Gasteiger partial charge in [-0.3, -0.25) is 0 Å². The Balaban J connectivity index is 1.83. The first kappa shape index (κ1) is 19.9. The monoisotopic (exact) mass is 371 g/mol. The number of hydrogen-bond acceptors (Lipinski definition) is 2. The number of ether oxygens (including phenoxy) is 1. The molecule has 3 rings (SSSR count). The largest absolute Gasteiger partial charge is 0.459 e. The summed E-state index contributed by atoms with van der Waals surface area (Å²) in [6.07, 6.45) is 4.34. The van der Waals surface area contributed by atoms with Gasteiger partial charge in [-0.2, -0.15) is 0 Å². The zero-order valence-corrected chi connectivity index (χ0v) is 17.8. The van der Waals surface area contributed by atoms with Gasteiger partial charge < -0.3 is 4.74 Å². The van der Waals surface area contributed by atoms with Crippen LogP contribution in [0, 0.1) is 24.7 Å². The highest BCUT2D eigenvalue weighted by Crippen LogP contribution is 2.35. The van der Waals surface area contributed by atoms with Gasteiger partial charge in [-0.25, -0.2) is 13.9 Å². The highest BCUT2D eigenvalue weighted by atomic mass is 16.5. The number of carbonyl (C=O) groups excluding carboxylic acids is 1. The van der Waals surface area contributed by atoms with Gasteiger partial charge in [0.15, 0.2) is 17.6 Å². The molecule has 1 fully saturated rings. The Morgan fingerprint density at radius 3 is 2.74 bits per heavy atom. The standard InChI is InChI=1S/C23H35N2O2/c1-7-22-24(6)20-12-16(4)9-11-19(20)25(22)14-23(26)27-21-13-17(5)8-10-18(21)15(2)3/h9,11-12,15,17-18,21H,7-8,10,13-14H2,1-6H3/q+1/t17-,18+,21-/m1/s1. The third kappa shape index (κ3) is 4.04. The molecule has 1 aliphatic carbocycles. The molecular weight excluding hydrogens is 336 g/mol. The van der Waals surface area contributed by atoms with E-state index < -0.39 is 0 Å². The van der Waals surface area contributed by atoms with Crippen LogP contribution < -0.4 is 4.57 Å². The zero-order valence-electron chi connectivity index (χ0n) is 17.8. The van der Waals surface area contributed by atoms with Crippen molar-refractivity contribution in [2.75, 3.05) is 0 Å². The molecule has 4 heteroatoms. The van der Waals surface area contributed by atoms with Gasteiger partial charge in [0, 0.05) is 6.42 Å². The topological polar surface area (TPSA) is 35.1 Å². The van der Waals surface area contributed by atoms with Crippen LogP contribution in [0.1, 0.15) is 58.3 Å². The van der Waals surface area contributed by atoms with Crippen molar-refractivity contribution in [3.05, 3.63) is 29.6 Å². The van der Waals surface area contributed by atoms with E-state index in [1.54, 1.807) is 0 Å². The van der Waals surface area contributed by atoms with Crippen molar-refractivity contribution in [3.63, 3.8) is 0 Å². The van der Waals surface area contributed by atoms with E-state index in [4.69, 9.17) is 4.74 Å². The number of hydrogen-bond donors (Lipinski definition) is 0. The molecular formula is C23H35N2O2+. The SMILES string of the molecule is CCc1n(C)c2cc(C)ccc2[n+]1CC(=O)O[C@@H]1C[C@H](C)CC[C@H]1C(C)C. The molecule has 1 aromatic heterocycles. The smallest absolute Gasteiger partial charge is 0.348 e. The third-order valence-electron chi connectivity index (χ3n) is 6.33. The van der Waals surface area contributed by atoms with Crippen LogP contribution in [0.3, 0.4) is 0 Å². The van der Waals surface area contributed by atoms with Gasteiger partial charge in [-0.15, -0.1) is 0 Å². The Bertz CT molecular complexity index is 821. The zero-order chi connectivity index (χ0) is 19.7. The van der Waals surface area contributed by atoms with Crippen molar-refractivity contribution < 1.29 is 14.1 Å². The van der Waals surface area contributed by atoms with E-state index in [-0.39, 0.29) is 12.1 Å². The van der Waals surface area contributed by atoms with Crippen LogP contribution in [0.15, 0.2) is 18.2 Å². The van der Waals surface area contributed by atoms with Gasteiger partial charge in [0.25, 0.3) is 5.82 Å². The molecule has 0 N–H and O–H groups in total. The van der Waals surface area contributed by atoms with Gasteiger partial charge in [0.1, 0.15) is 6.10 Å². The normalized spacial score (nSPS) is 23.1. The fourth-order valence-electron chi connectivity index (χ4n) is 4.78. The summed E-state index contributed by atoms with van der Waals surface area (Å²) >= 11 is 0. The number of carbonyl (C=O) groups is 1. The maximum absolute atomic E-state index is 12.9. The molecule has 3 atom stereocenters. The van der Waals surface area contributed by atoms with Crippen molar-refractivity contribution in [1.29, 1.82) is 0 Å². The predicted molar refractivity (Wildman–Crippen MR) is 108 cm³/mol. The molecule has 0 spiro atoms. The predicted octanol–water partition coefficient (Wildman–Crippen LogP) is 4.34. The van der Waals surface area contributed by atoms with E-state index in [9.17, 15) is 4.79 Å². The van der Waals surface area contributed by atoms with Crippen molar-refractivity contribution in [1.82, 2.24) is 4.57 Å². The van der Waals surface area contributed by atoms with Crippen LogP contribution in [0.25, 0.3) is 11.0 Å². The summed E-state index contributed by atoms with van der Waals surface area (Å²) in [5.41, 5.74) is 3.51. The molecule has 1 aliphatic rings. The molecule has 1 aromatic carbocycles. The highest BCUT2D eigenvalue weighted by Gasteiger charge is 2.34. The second kappa shape index (κ2) is 8.04. The third-order valence-corrected chi connectivity index (χ3v) is 6.33. The van der Waals surface area contributed by atoms with Crippen molar-refractivity contribution in [2.45, 2.75) is 73.0 Å². The lowest BCUT2D eigenvalue weighted by Gasteiger charge is -2.36. The van der Waals surface area contributed by atoms with Crippen molar-refractivity contribution in [2.24, 2.45) is 24.8 Å². The Morgan fingerprint density at radius 2 is 2.07 bits per heavy atom. The Labute approximate surface area is 163 Å². The maximum atomic E-state index is 12.9. The van der Waals surface area contributed by atoms with Crippen LogP contribution in [-0.4, -0.2) is 16.6 Å². The second-order valence-electron chi connectivity index (χ2n) is 8.76. The summed E-state index contributed by atoms with van der Waals surface area (Å²) in [4.78, 5) is 12.9. The average Bonchev–Trinajstić information content (AvgIpc) is 2.85. The van der Waals surface area contributed by atoms with Crippen LogP contribution in [-0.2, 0) is 29.5 Å². The number of benzene rings is 1. The van der Waals surface area contributed by atoms with E-state index in [1.807, 2.05) is 0 Å². The summed E-state index contributed by atoms with van der Waals surface area (Å²) in [5, 5.41) is 0. The van der Waals surface area contributed by atoms with Gasteiger partial charge in [-0.1, -0.05) is 40.2 Å². The number of nitrogens with zero attached hydrogens (tertiary/aromatic N) is 2. The first-order valence-corrected chi connectivity index (χ1v) is 10.5. The molecule has 2 aromatic rings. The fraction of sp³-hybridized carbons (Fsp3) is 0.652. The molecule has 0 amide bonds. The lowest BCUT2D eigenvalue weighted by Crippen LogP contribution is -2.44. The number of aryl methyl sites for hydroxylation is 2. The molecule has 0 saturated heterocycles. The van der Waals surface area contributed by atoms with Crippen molar-refractivity contribution in [3.8, 4) is 0 Å². The van der Waals surface area contributed by atoms with E-state index >= 15 is 0 Å². The number of imidazole rings is 1. The molecule has 0 aliphatic heterocycles. The minimum atomic E-state index is -0.104. The molecule has 148 valence electrons. The van der Waals surface area contributed by atoms with E-state index in [0.717, 1.165) is 30.6 Å². The van der Waals surface area contributed by atoms with E-state index in [1.165, 1.54) is 17.5 Å². The summed E-state index contributed by atoms with van der Waals surface area (Å²) in [6, 6.07) is 6.42. The Kier molecular flexibility index (Phi) is 5.92. The molecule has 0 radical (unpaired) electrons. The average molecular weight is 372 g/mol. The number of rotatable bonds is 5. The van der Waals surface area contributed by atoms with Crippen molar-refractivity contribution >= 4 is 17.0 Å². The van der Waals surface area contributed by atoms with Gasteiger partial charge in [0.05, 0.1) is 7.05 Å². The molecule has 1 saturated carbocycles. The lowest BCUT2D eigenvalue weighted by atomic mass is 9.75. The molecule has 4 nitrogen and oxygen atoms in total. The van der Waals surface area contributed by atoms with Crippen LogP contribution >= 0.6 is 0 Å². The fourth-order valence-corrected chi connectivity index (χ4v) is 4.78. The summed E-state index contributed by atoms with van der Waals surface area (Å²) in [7, 11) is 2.08. The number of fused-ring (bicyclic) bond motifs is 1. The molecule has 27 heavy (non-hydrogen) atoms. The Hall–Kier alpha value is -1.84. The number of esters is 1. The van der Waals surface area contributed by atoms with Crippen LogP contribution in [0.4, 0.5) is 0 Å². The van der Waals surface area contributed by atoms with Gasteiger partial charge >= 0.3 is 5.97 Å². The first-order valence-electron chi connectivity index (χ1n) is 10.5. The van der Waals surface area contributed by atoms with E-state index in [0.29, 0.717) is 24.3 Å². The van der Waals surface area contributed by atoms with Crippen LogP contribution in [0.5, 0.6) is 0 Å².